The summed E-state index contributed by atoms with van der Waals surface area (Å²) < 4.78 is 56.4. The Bertz CT molecular complexity index is 1890. The summed E-state index contributed by atoms with van der Waals surface area (Å²) in [6.07, 6.45) is 1.31. The Morgan fingerprint density at radius 3 is 2.49 bits per heavy atom. The Labute approximate surface area is 214 Å². The largest absolute Gasteiger partial charge is 0.342 e. The number of carbonyl (C=O) groups excluding carboxylic acids is 1. The van der Waals surface area contributed by atoms with Crippen LogP contribution >= 0.6 is 11.3 Å². The van der Waals surface area contributed by atoms with Crippen LogP contribution in [0, 0.1) is 6.92 Å². The number of anilines is 2. The number of fused-ring (bicyclic) bond motifs is 2. The lowest BCUT2D eigenvalue weighted by Crippen LogP contribution is -2.33. The molecule has 4 aromatic rings. The molecule has 0 unspecified atom stereocenters. The summed E-state index contributed by atoms with van der Waals surface area (Å²) in [5.74, 6) is 0.210. The van der Waals surface area contributed by atoms with Crippen LogP contribution in [0.2, 0.25) is 0 Å². The highest BCUT2D eigenvalue weighted by Gasteiger charge is 2.25. The zero-order valence-electron chi connectivity index (χ0n) is 19.2. The van der Waals surface area contributed by atoms with Gasteiger partial charge in [0.05, 0.1) is 22.3 Å². The summed E-state index contributed by atoms with van der Waals surface area (Å²) in [5, 5.41) is 5.38. The molecule has 0 aliphatic carbocycles. The molecule has 1 aliphatic rings. The van der Waals surface area contributed by atoms with Gasteiger partial charge in [0.1, 0.15) is 21.3 Å². The molecule has 0 radical (unpaired) electrons. The molecule has 0 spiro atoms. The maximum Gasteiger partial charge on any atom is 0.333 e. The van der Waals surface area contributed by atoms with Gasteiger partial charge in [-0.05, 0) is 62.4 Å². The fraction of sp³-hybridized carbons (Fsp3) is 0.0909. The van der Waals surface area contributed by atoms with E-state index in [1.54, 1.807) is 13.0 Å². The summed E-state index contributed by atoms with van der Waals surface area (Å²) in [4.78, 5) is 30.3. The highest BCUT2D eigenvalue weighted by atomic mass is 32.2. The first-order chi connectivity index (χ1) is 17.4. The van der Waals surface area contributed by atoms with Gasteiger partial charge in [-0.25, -0.2) is 22.9 Å². The third-order valence-electron chi connectivity index (χ3n) is 5.32. The molecule has 2 aromatic carbocycles. The van der Waals surface area contributed by atoms with Crippen LogP contribution in [0.5, 0.6) is 0 Å². The van der Waals surface area contributed by atoms with Gasteiger partial charge in [0.15, 0.2) is 0 Å². The van der Waals surface area contributed by atoms with Crippen LogP contribution in [0.3, 0.4) is 0 Å². The van der Waals surface area contributed by atoms with Crippen molar-refractivity contribution >= 4 is 65.5 Å². The third kappa shape index (κ3) is 4.71. The minimum atomic E-state index is -4.01. The maximum absolute atomic E-state index is 13.2. The van der Waals surface area contributed by atoms with Gasteiger partial charge < -0.3 is 10.6 Å². The number of hydrogen-bond donors (Lipinski definition) is 3. The van der Waals surface area contributed by atoms with Crippen molar-refractivity contribution < 1.29 is 21.6 Å². The molecule has 0 atom stereocenters. The van der Waals surface area contributed by atoms with Crippen molar-refractivity contribution in [1.82, 2.24) is 14.3 Å². The summed E-state index contributed by atoms with van der Waals surface area (Å²) >= 11 is 1.04. The molecule has 0 bridgehead atoms. The second-order valence-electron chi connectivity index (χ2n) is 8.03. The number of rotatable bonds is 4. The first-order valence-electron chi connectivity index (χ1n) is 10.6. The zero-order valence-corrected chi connectivity index (χ0v) is 21.7. The average Bonchev–Trinajstić information content (AvgIpc) is 3.26. The van der Waals surface area contributed by atoms with Crippen LogP contribution in [0.15, 0.2) is 73.2 Å². The third-order valence-corrected chi connectivity index (χ3v) is 9.55. The molecule has 0 saturated heterocycles. The van der Waals surface area contributed by atoms with E-state index in [2.05, 4.69) is 20.0 Å². The first kappa shape index (κ1) is 24.6. The number of nitrogens with one attached hydrogen (secondary N) is 3. The quantitative estimate of drug-likeness (QED) is 0.343. The lowest BCUT2D eigenvalue weighted by atomic mass is 10.2. The zero-order chi connectivity index (χ0) is 26.5. The number of urea groups is 1. The second kappa shape index (κ2) is 8.79. The Balaban J connectivity index is 1.40. The molecule has 0 saturated carbocycles. The van der Waals surface area contributed by atoms with Gasteiger partial charge in [-0.15, -0.1) is 15.7 Å². The van der Waals surface area contributed by atoms with Crippen molar-refractivity contribution in [2.75, 3.05) is 10.6 Å². The van der Waals surface area contributed by atoms with Gasteiger partial charge >= 0.3 is 6.03 Å². The van der Waals surface area contributed by atoms with E-state index >= 15 is 0 Å². The average molecular weight is 559 g/mol. The van der Waals surface area contributed by atoms with Gasteiger partial charge in [-0.2, -0.15) is 8.42 Å². The Morgan fingerprint density at radius 1 is 1.08 bits per heavy atom. The molecule has 3 heterocycles. The molecular formula is C22H18N6O6S3. The number of benzene rings is 2. The number of amidine groups is 1. The van der Waals surface area contributed by atoms with Crippen molar-refractivity contribution in [3.8, 4) is 5.69 Å². The molecule has 2 amide bonds. The van der Waals surface area contributed by atoms with Crippen molar-refractivity contribution in [2.45, 2.75) is 23.0 Å². The Morgan fingerprint density at radius 2 is 1.81 bits per heavy atom. The van der Waals surface area contributed by atoms with Crippen molar-refractivity contribution in [2.24, 2.45) is 4.40 Å². The van der Waals surface area contributed by atoms with E-state index in [0.29, 0.717) is 11.2 Å². The van der Waals surface area contributed by atoms with Crippen molar-refractivity contribution in [3.05, 3.63) is 70.1 Å². The molecule has 1 aliphatic heterocycles. The molecular weight excluding hydrogens is 540 g/mol. The van der Waals surface area contributed by atoms with E-state index in [0.717, 1.165) is 16.2 Å². The van der Waals surface area contributed by atoms with Gasteiger partial charge in [-0.3, -0.25) is 9.36 Å². The predicted octanol–water partition coefficient (Wildman–Crippen LogP) is 2.80. The topological polar surface area (TPSA) is 169 Å². The van der Waals surface area contributed by atoms with Crippen LogP contribution in [-0.4, -0.2) is 38.3 Å². The lowest BCUT2D eigenvalue weighted by Gasteiger charge is -2.17. The number of amides is 2. The van der Waals surface area contributed by atoms with Gasteiger partial charge in [0, 0.05) is 10.6 Å². The Kier molecular flexibility index (Phi) is 5.85. The van der Waals surface area contributed by atoms with Crippen LogP contribution in [0.25, 0.3) is 16.6 Å². The standard InChI is InChI=1S/C22H18N6O6S3/c1-12-3-8-20(35-12)37(33,34)27-22(30)25-14-4-6-15(7-5-14)28-11-23-17-10-18-19(9-16(17)21(28)29)36(31,32)26-13(2)24-18/h3-11H,1-2H3,(H,24,26)(H2,25,27,30). The monoisotopic (exact) mass is 558 g/mol. The summed E-state index contributed by atoms with van der Waals surface area (Å²) in [6.45, 7) is 3.27. The van der Waals surface area contributed by atoms with E-state index in [-0.39, 0.29) is 31.7 Å². The molecule has 2 aromatic heterocycles. The Hall–Kier alpha value is -4.08. The fourth-order valence-electron chi connectivity index (χ4n) is 3.68. The lowest BCUT2D eigenvalue weighted by molar-refractivity contribution is 0.256. The summed E-state index contributed by atoms with van der Waals surface area (Å²) in [5.41, 5.74) is 0.744. The van der Waals surface area contributed by atoms with Gasteiger partial charge in [0.2, 0.25) is 0 Å². The van der Waals surface area contributed by atoms with Crippen LogP contribution in [-0.2, 0) is 20.0 Å². The van der Waals surface area contributed by atoms with Crippen molar-refractivity contribution in [1.29, 1.82) is 0 Å². The van der Waals surface area contributed by atoms with Crippen molar-refractivity contribution in [3.63, 3.8) is 0 Å². The molecule has 3 N–H and O–H groups in total. The number of thiophene rings is 1. The van der Waals surface area contributed by atoms with E-state index in [1.165, 1.54) is 60.3 Å². The van der Waals surface area contributed by atoms with E-state index < -0.39 is 31.6 Å². The highest BCUT2D eigenvalue weighted by Crippen LogP contribution is 2.30. The van der Waals surface area contributed by atoms with Gasteiger partial charge in [-0.1, -0.05) is 0 Å². The second-order valence-corrected chi connectivity index (χ2v) is 12.8. The molecule has 0 fully saturated rings. The maximum atomic E-state index is 13.2. The van der Waals surface area contributed by atoms with E-state index in [4.69, 9.17) is 0 Å². The normalized spacial score (nSPS) is 14.4. The minimum absolute atomic E-state index is 0.0189. The van der Waals surface area contributed by atoms with Gasteiger partial charge in [0.25, 0.3) is 25.6 Å². The summed E-state index contributed by atoms with van der Waals surface area (Å²) in [7, 11) is -7.97. The predicted molar refractivity (Wildman–Crippen MR) is 140 cm³/mol. The molecule has 15 heteroatoms. The number of carbonyl (C=O) groups is 1. The first-order valence-corrected chi connectivity index (χ1v) is 14.3. The fourth-order valence-corrected chi connectivity index (χ4v) is 7.03. The molecule has 37 heavy (non-hydrogen) atoms. The molecule has 12 nitrogen and oxygen atoms in total. The smallest absolute Gasteiger partial charge is 0.333 e. The SMILES string of the molecule is CC1=NS(=O)(=O)c2cc3c(=O)n(-c4ccc(NC(=O)NS(=O)(=O)c5ccc(C)s5)cc4)cnc3cc2N1. The van der Waals surface area contributed by atoms with E-state index in [1.807, 2.05) is 4.72 Å². The number of sulfonamides is 2. The number of aryl methyl sites for hydroxylation is 1. The molecule has 5 rings (SSSR count). The van der Waals surface area contributed by atoms with Crippen LogP contribution in [0.1, 0.15) is 11.8 Å². The van der Waals surface area contributed by atoms with E-state index in [9.17, 15) is 26.4 Å². The number of hydrogen-bond acceptors (Lipinski definition) is 9. The molecule has 190 valence electrons. The van der Waals surface area contributed by atoms with Crippen LogP contribution < -0.4 is 20.9 Å². The number of aromatic nitrogens is 2. The highest BCUT2D eigenvalue weighted by molar-refractivity contribution is 7.92. The minimum Gasteiger partial charge on any atom is -0.342 e. The number of nitrogens with zero attached hydrogens (tertiary/aromatic N) is 3. The van der Waals surface area contributed by atoms with Crippen LogP contribution in [0.4, 0.5) is 16.2 Å². The summed E-state index contributed by atoms with van der Waals surface area (Å²) in [6, 6.07) is 10.8.